The Hall–Kier alpha value is -3.18. The molecule has 0 aliphatic carbocycles. The molecule has 1 unspecified atom stereocenters. The molecule has 2 heterocycles. The average Bonchev–Trinajstić information content (AvgIpc) is 3.03. The van der Waals surface area contributed by atoms with Crippen LogP contribution in [-0.2, 0) is 19.6 Å². The van der Waals surface area contributed by atoms with Crippen molar-refractivity contribution >= 4 is 38.6 Å². The summed E-state index contributed by atoms with van der Waals surface area (Å²) in [5.41, 5.74) is 5.53. The van der Waals surface area contributed by atoms with Crippen LogP contribution in [0.15, 0.2) is 47.4 Å². The molecule has 36 heavy (non-hydrogen) atoms. The number of amides is 2. The van der Waals surface area contributed by atoms with E-state index in [0.29, 0.717) is 51.4 Å². The number of sulfonamides is 1. The van der Waals surface area contributed by atoms with Gasteiger partial charge in [-0.1, -0.05) is 30.3 Å². The average molecular weight is 515 g/mol. The summed E-state index contributed by atoms with van der Waals surface area (Å²) in [7, 11) is -3.91. The van der Waals surface area contributed by atoms with Crippen LogP contribution in [0, 0.1) is 11.3 Å². The van der Waals surface area contributed by atoms with Gasteiger partial charge in [-0.25, -0.2) is 8.42 Å². The number of likely N-dealkylation sites (tertiary alicyclic amines) is 2. The van der Waals surface area contributed by atoms with Gasteiger partial charge in [0, 0.05) is 26.2 Å². The van der Waals surface area contributed by atoms with Crippen molar-refractivity contribution in [3.05, 3.63) is 42.5 Å². The lowest BCUT2D eigenvalue weighted by molar-refractivity contribution is -0.137. The van der Waals surface area contributed by atoms with Gasteiger partial charge in [-0.3, -0.25) is 15.0 Å². The van der Waals surface area contributed by atoms with Crippen molar-refractivity contribution in [2.24, 2.45) is 11.7 Å². The summed E-state index contributed by atoms with van der Waals surface area (Å²) in [6, 6.07) is 11.5. The van der Waals surface area contributed by atoms with E-state index in [1.165, 1.54) is 11.0 Å². The summed E-state index contributed by atoms with van der Waals surface area (Å²) >= 11 is 0. The Labute approximate surface area is 211 Å². The number of nitrogens with one attached hydrogen (secondary N) is 3. The van der Waals surface area contributed by atoms with Crippen molar-refractivity contribution in [3.8, 4) is 0 Å². The number of fused-ring (bicyclic) bond motifs is 1. The van der Waals surface area contributed by atoms with Crippen molar-refractivity contribution in [3.63, 3.8) is 0 Å². The van der Waals surface area contributed by atoms with Crippen molar-refractivity contribution in [1.82, 2.24) is 19.8 Å². The molecule has 194 valence electrons. The standard InChI is InChI=1S/C25H34N6O4S/c26-25(27)30-13-10-18(11-14-30)16-28-23(32)17-31-12-4-3-7-22(24(31)33)29-36(34,35)21-9-8-19-5-1-2-6-20(19)15-21/h1-2,5-6,8-9,15,18,22,29H,3-4,7,10-14,16-17H2,(H3,26,27)(H,28,32). The van der Waals surface area contributed by atoms with Crippen LogP contribution in [0.3, 0.4) is 0 Å². The number of benzene rings is 2. The Morgan fingerprint density at radius 2 is 1.75 bits per heavy atom. The highest BCUT2D eigenvalue weighted by Crippen LogP contribution is 2.21. The fourth-order valence-corrected chi connectivity index (χ4v) is 6.09. The molecule has 0 radical (unpaired) electrons. The van der Waals surface area contributed by atoms with Crippen LogP contribution >= 0.6 is 0 Å². The van der Waals surface area contributed by atoms with E-state index in [4.69, 9.17) is 11.1 Å². The van der Waals surface area contributed by atoms with Gasteiger partial charge in [0.2, 0.25) is 21.8 Å². The molecule has 2 aromatic carbocycles. The smallest absolute Gasteiger partial charge is 0.241 e. The SMILES string of the molecule is N=C(N)N1CCC(CNC(=O)CN2CCCCC(NS(=O)(=O)c3ccc4ccccc4c3)C2=O)CC1. The van der Waals surface area contributed by atoms with E-state index in [9.17, 15) is 18.0 Å². The normalized spacial score (nSPS) is 19.8. The number of nitrogens with two attached hydrogens (primary N) is 1. The number of hydrogen-bond donors (Lipinski definition) is 4. The predicted octanol–water partition coefficient (Wildman–Crippen LogP) is 1.22. The van der Waals surface area contributed by atoms with Crippen LogP contribution in [0.5, 0.6) is 0 Å². The highest BCUT2D eigenvalue weighted by atomic mass is 32.2. The number of carbonyl (C=O) groups excluding carboxylic acids is 2. The Morgan fingerprint density at radius 3 is 2.47 bits per heavy atom. The molecule has 2 fully saturated rings. The lowest BCUT2D eigenvalue weighted by Gasteiger charge is -2.32. The van der Waals surface area contributed by atoms with Gasteiger partial charge in [0.15, 0.2) is 5.96 Å². The number of piperidine rings is 1. The van der Waals surface area contributed by atoms with E-state index >= 15 is 0 Å². The minimum absolute atomic E-state index is 0.0722. The van der Waals surface area contributed by atoms with Crippen LogP contribution in [-0.4, -0.2) is 74.8 Å². The minimum atomic E-state index is -3.91. The molecular formula is C25H34N6O4S. The van der Waals surface area contributed by atoms with Gasteiger partial charge >= 0.3 is 0 Å². The summed E-state index contributed by atoms with van der Waals surface area (Å²) in [6.07, 6.45) is 3.45. The van der Waals surface area contributed by atoms with Crippen molar-refractivity contribution in [1.29, 1.82) is 5.41 Å². The first-order valence-corrected chi connectivity index (χ1v) is 13.9. The molecule has 11 heteroatoms. The first kappa shape index (κ1) is 25.9. The second-order valence-corrected chi connectivity index (χ2v) is 11.3. The van der Waals surface area contributed by atoms with Crippen LogP contribution < -0.4 is 15.8 Å². The highest BCUT2D eigenvalue weighted by molar-refractivity contribution is 7.89. The molecule has 2 amide bonds. The fourth-order valence-electron chi connectivity index (χ4n) is 4.83. The number of hydrogen-bond acceptors (Lipinski definition) is 5. The van der Waals surface area contributed by atoms with E-state index in [1.807, 2.05) is 29.2 Å². The van der Waals surface area contributed by atoms with Gasteiger partial charge in [-0.05, 0) is 60.9 Å². The molecule has 10 nitrogen and oxygen atoms in total. The zero-order valence-corrected chi connectivity index (χ0v) is 21.1. The molecule has 2 aliphatic heterocycles. The second-order valence-electron chi connectivity index (χ2n) is 9.56. The van der Waals surface area contributed by atoms with Gasteiger partial charge in [-0.2, -0.15) is 4.72 Å². The molecular weight excluding hydrogens is 480 g/mol. The van der Waals surface area contributed by atoms with Crippen LogP contribution in [0.2, 0.25) is 0 Å². The summed E-state index contributed by atoms with van der Waals surface area (Å²) in [4.78, 5) is 29.2. The molecule has 0 spiro atoms. The van der Waals surface area contributed by atoms with Crippen molar-refractivity contribution in [2.45, 2.75) is 43.0 Å². The summed E-state index contributed by atoms with van der Waals surface area (Å²) in [6.45, 7) is 2.21. The zero-order valence-electron chi connectivity index (χ0n) is 20.3. The van der Waals surface area contributed by atoms with Gasteiger partial charge in [0.25, 0.3) is 0 Å². The largest absolute Gasteiger partial charge is 0.370 e. The predicted molar refractivity (Wildman–Crippen MR) is 138 cm³/mol. The summed E-state index contributed by atoms with van der Waals surface area (Å²) < 4.78 is 28.8. The molecule has 0 saturated carbocycles. The Morgan fingerprint density at radius 1 is 1.03 bits per heavy atom. The number of carbonyl (C=O) groups is 2. The van der Waals surface area contributed by atoms with E-state index in [1.54, 1.807) is 12.1 Å². The Balaban J connectivity index is 1.34. The van der Waals surface area contributed by atoms with Crippen molar-refractivity contribution < 1.29 is 18.0 Å². The van der Waals surface area contributed by atoms with Gasteiger partial charge in [-0.15, -0.1) is 0 Å². The number of guanidine groups is 1. The molecule has 2 saturated heterocycles. The minimum Gasteiger partial charge on any atom is -0.370 e. The lowest BCUT2D eigenvalue weighted by atomic mass is 9.97. The maximum Gasteiger partial charge on any atom is 0.241 e. The zero-order chi connectivity index (χ0) is 25.7. The van der Waals surface area contributed by atoms with Gasteiger partial charge < -0.3 is 20.9 Å². The van der Waals surface area contributed by atoms with E-state index in [2.05, 4.69) is 10.0 Å². The van der Waals surface area contributed by atoms with E-state index in [-0.39, 0.29) is 29.2 Å². The van der Waals surface area contributed by atoms with E-state index in [0.717, 1.165) is 23.6 Å². The van der Waals surface area contributed by atoms with E-state index < -0.39 is 16.1 Å². The number of nitrogens with zero attached hydrogens (tertiary/aromatic N) is 2. The first-order valence-electron chi connectivity index (χ1n) is 12.4. The van der Waals surface area contributed by atoms with Crippen molar-refractivity contribution in [2.75, 3.05) is 32.7 Å². The number of rotatable bonds is 7. The first-order chi connectivity index (χ1) is 17.2. The molecule has 4 rings (SSSR count). The molecule has 5 N–H and O–H groups in total. The van der Waals surface area contributed by atoms with Gasteiger partial charge in [0.1, 0.15) is 6.04 Å². The quantitative estimate of drug-likeness (QED) is 0.322. The molecule has 0 aromatic heterocycles. The molecule has 1 atom stereocenters. The van der Waals surface area contributed by atoms with Crippen LogP contribution in [0.25, 0.3) is 10.8 Å². The Kier molecular flexibility index (Phi) is 8.10. The van der Waals surface area contributed by atoms with Crippen LogP contribution in [0.4, 0.5) is 0 Å². The van der Waals surface area contributed by atoms with Crippen LogP contribution in [0.1, 0.15) is 32.1 Å². The fraction of sp³-hybridized carbons (Fsp3) is 0.480. The third-order valence-corrected chi connectivity index (χ3v) is 8.46. The molecule has 2 aromatic rings. The summed E-state index contributed by atoms with van der Waals surface area (Å²) in [5, 5.41) is 12.2. The lowest BCUT2D eigenvalue weighted by Crippen LogP contribution is -2.50. The molecule has 0 bridgehead atoms. The third kappa shape index (κ3) is 6.33. The topological polar surface area (TPSA) is 149 Å². The monoisotopic (exact) mass is 514 g/mol. The highest BCUT2D eigenvalue weighted by Gasteiger charge is 2.32. The summed E-state index contributed by atoms with van der Waals surface area (Å²) in [5.74, 6) is -0.258. The second kappa shape index (κ2) is 11.3. The Bertz CT molecular complexity index is 1230. The maximum atomic E-state index is 13.2. The maximum absolute atomic E-state index is 13.2. The molecule has 2 aliphatic rings. The third-order valence-electron chi connectivity index (χ3n) is 6.99. The van der Waals surface area contributed by atoms with Gasteiger partial charge in [0.05, 0.1) is 11.4 Å².